The van der Waals surface area contributed by atoms with E-state index in [1.54, 1.807) is 52.0 Å². The molecule has 136 valence electrons. The minimum atomic E-state index is -0.679. The van der Waals surface area contributed by atoms with Crippen molar-refractivity contribution in [2.24, 2.45) is 0 Å². The Kier molecular flexibility index (Phi) is 4.71. The van der Waals surface area contributed by atoms with Gasteiger partial charge in [0.2, 0.25) is 0 Å². The lowest BCUT2D eigenvalue weighted by atomic mass is 10.0. The second kappa shape index (κ2) is 6.56. The van der Waals surface area contributed by atoms with Crippen molar-refractivity contribution in [1.29, 1.82) is 0 Å². The van der Waals surface area contributed by atoms with E-state index >= 15 is 0 Å². The molecule has 2 amide bonds. The van der Waals surface area contributed by atoms with Gasteiger partial charge in [-0.2, -0.15) is 0 Å². The Hall–Kier alpha value is -2.11. The van der Waals surface area contributed by atoms with E-state index in [4.69, 9.17) is 27.9 Å². The average Bonchev–Trinajstić information content (AvgIpc) is 2.83. The molecule has 0 saturated carbocycles. The van der Waals surface area contributed by atoms with E-state index in [0.717, 1.165) is 10.5 Å². The first-order chi connectivity index (χ1) is 12.1. The molecule has 0 aliphatic carbocycles. The molecule has 0 unspecified atom stereocenters. The van der Waals surface area contributed by atoms with Gasteiger partial charge in [-0.1, -0.05) is 23.2 Å². The predicted octanol–water partition coefficient (Wildman–Crippen LogP) is 5.25. The van der Waals surface area contributed by atoms with Crippen molar-refractivity contribution in [3.05, 3.63) is 51.1 Å². The smallest absolute Gasteiger partial charge is 0.417 e. The first-order valence-corrected chi connectivity index (χ1v) is 8.83. The van der Waals surface area contributed by atoms with Crippen molar-refractivity contribution >= 4 is 35.2 Å². The van der Waals surface area contributed by atoms with Crippen LogP contribution >= 0.6 is 23.2 Å². The van der Waals surface area contributed by atoms with Gasteiger partial charge in [0.25, 0.3) is 5.91 Å². The van der Waals surface area contributed by atoms with Crippen LogP contribution in [-0.4, -0.2) is 27.5 Å². The molecule has 1 aromatic carbocycles. The number of benzene rings is 1. The second-order valence-electron chi connectivity index (χ2n) is 7.11. The molecule has 1 aromatic heterocycles. The first kappa shape index (κ1) is 18.7. The van der Waals surface area contributed by atoms with E-state index in [1.165, 1.54) is 0 Å². The standard InChI is InChI=1S/C19H18Cl2N2O3/c1-10-14-9-23(18(25)26-19(2,3)4)17(24)13(14)8-16(22-10)12-6-5-11(20)7-15(12)21/h5-8H,9H2,1-4H3. The van der Waals surface area contributed by atoms with Gasteiger partial charge in [0.05, 0.1) is 17.3 Å². The second-order valence-corrected chi connectivity index (χ2v) is 7.96. The van der Waals surface area contributed by atoms with Crippen molar-refractivity contribution in [2.75, 3.05) is 0 Å². The molecule has 0 saturated heterocycles. The number of hydrogen-bond acceptors (Lipinski definition) is 4. The number of imide groups is 1. The number of hydrogen-bond donors (Lipinski definition) is 0. The van der Waals surface area contributed by atoms with Gasteiger partial charge < -0.3 is 4.74 Å². The van der Waals surface area contributed by atoms with Crippen molar-refractivity contribution in [1.82, 2.24) is 9.88 Å². The van der Waals surface area contributed by atoms with E-state index < -0.39 is 17.6 Å². The summed E-state index contributed by atoms with van der Waals surface area (Å²) in [5.41, 5.74) is 2.37. The van der Waals surface area contributed by atoms with Crippen LogP contribution < -0.4 is 0 Å². The summed E-state index contributed by atoms with van der Waals surface area (Å²) in [6.07, 6.45) is -0.663. The number of fused-ring (bicyclic) bond motifs is 1. The fourth-order valence-corrected chi connectivity index (χ4v) is 3.27. The molecular formula is C19H18Cl2N2O3. The Morgan fingerprint density at radius 3 is 2.50 bits per heavy atom. The average molecular weight is 393 g/mol. The summed E-state index contributed by atoms with van der Waals surface area (Å²) in [5.74, 6) is -0.397. The van der Waals surface area contributed by atoms with Crippen LogP contribution in [0.15, 0.2) is 24.3 Å². The minimum Gasteiger partial charge on any atom is -0.443 e. The summed E-state index contributed by atoms with van der Waals surface area (Å²) >= 11 is 12.2. The number of pyridine rings is 1. The zero-order chi connectivity index (χ0) is 19.2. The van der Waals surface area contributed by atoms with Crippen molar-refractivity contribution < 1.29 is 14.3 Å². The lowest BCUT2D eigenvalue weighted by molar-refractivity contribution is 0.0248. The van der Waals surface area contributed by atoms with Gasteiger partial charge in [-0.25, -0.2) is 9.69 Å². The van der Waals surface area contributed by atoms with E-state index in [9.17, 15) is 9.59 Å². The number of carbonyl (C=O) groups excluding carboxylic acids is 2. The Balaban J connectivity index is 1.99. The maximum atomic E-state index is 12.7. The van der Waals surface area contributed by atoms with Crippen LogP contribution in [0.25, 0.3) is 11.3 Å². The summed E-state index contributed by atoms with van der Waals surface area (Å²) in [4.78, 5) is 30.7. The van der Waals surface area contributed by atoms with Gasteiger partial charge in [-0.05, 0) is 52.0 Å². The number of aryl methyl sites for hydroxylation is 1. The molecule has 26 heavy (non-hydrogen) atoms. The molecule has 1 aliphatic heterocycles. The molecule has 2 heterocycles. The molecule has 0 bridgehead atoms. The highest BCUT2D eigenvalue weighted by molar-refractivity contribution is 6.36. The van der Waals surface area contributed by atoms with Crippen LogP contribution in [0.1, 0.15) is 42.4 Å². The van der Waals surface area contributed by atoms with Crippen molar-refractivity contribution in [2.45, 2.75) is 39.8 Å². The topological polar surface area (TPSA) is 59.5 Å². The normalized spacial score (nSPS) is 13.8. The summed E-state index contributed by atoms with van der Waals surface area (Å²) < 4.78 is 5.32. The van der Waals surface area contributed by atoms with E-state index in [0.29, 0.717) is 32.6 Å². The summed E-state index contributed by atoms with van der Waals surface area (Å²) in [6, 6.07) is 6.74. The molecule has 1 aliphatic rings. The predicted molar refractivity (Wildman–Crippen MR) is 101 cm³/mol. The van der Waals surface area contributed by atoms with Crippen molar-refractivity contribution in [3.63, 3.8) is 0 Å². The van der Waals surface area contributed by atoms with Crippen LogP contribution in [0.5, 0.6) is 0 Å². The molecule has 0 radical (unpaired) electrons. The largest absolute Gasteiger partial charge is 0.443 e. The molecule has 0 atom stereocenters. The number of halogens is 2. The summed E-state index contributed by atoms with van der Waals surface area (Å²) in [6.45, 7) is 7.22. The number of carbonyl (C=O) groups is 2. The van der Waals surface area contributed by atoms with Gasteiger partial charge in [-0.3, -0.25) is 9.78 Å². The van der Waals surface area contributed by atoms with Gasteiger partial charge >= 0.3 is 6.09 Å². The number of aromatic nitrogens is 1. The maximum absolute atomic E-state index is 12.7. The Bertz CT molecular complexity index is 920. The van der Waals surface area contributed by atoms with Gasteiger partial charge in [0.1, 0.15) is 5.60 Å². The van der Waals surface area contributed by atoms with Crippen molar-refractivity contribution in [3.8, 4) is 11.3 Å². The molecule has 7 heteroatoms. The third-order valence-corrected chi connectivity index (χ3v) is 4.49. The Morgan fingerprint density at radius 1 is 1.19 bits per heavy atom. The van der Waals surface area contributed by atoms with E-state index in [-0.39, 0.29) is 6.54 Å². The number of rotatable bonds is 1. The molecule has 0 spiro atoms. The lowest BCUT2D eigenvalue weighted by Gasteiger charge is -2.23. The van der Waals surface area contributed by atoms with Crippen LogP contribution in [0.3, 0.4) is 0 Å². The molecule has 5 nitrogen and oxygen atoms in total. The fraction of sp³-hybridized carbons (Fsp3) is 0.316. The van der Waals surface area contributed by atoms with Crippen LogP contribution in [0.4, 0.5) is 4.79 Å². The minimum absolute atomic E-state index is 0.149. The zero-order valence-corrected chi connectivity index (χ0v) is 16.4. The Morgan fingerprint density at radius 2 is 1.88 bits per heavy atom. The molecular weight excluding hydrogens is 375 g/mol. The summed E-state index contributed by atoms with van der Waals surface area (Å²) in [7, 11) is 0. The lowest BCUT2D eigenvalue weighted by Crippen LogP contribution is -2.36. The molecule has 0 N–H and O–H groups in total. The first-order valence-electron chi connectivity index (χ1n) is 8.07. The van der Waals surface area contributed by atoms with Crippen LogP contribution in [0, 0.1) is 6.92 Å². The molecule has 2 aromatic rings. The molecule has 3 rings (SSSR count). The third-order valence-electron chi connectivity index (χ3n) is 3.94. The van der Waals surface area contributed by atoms with Gasteiger partial charge in [0, 0.05) is 27.4 Å². The quantitative estimate of drug-likeness (QED) is 0.664. The maximum Gasteiger partial charge on any atom is 0.417 e. The number of nitrogens with zero attached hydrogens (tertiary/aromatic N) is 2. The molecule has 0 fully saturated rings. The van der Waals surface area contributed by atoms with Crippen LogP contribution in [0.2, 0.25) is 10.0 Å². The third kappa shape index (κ3) is 3.55. The monoisotopic (exact) mass is 392 g/mol. The van der Waals surface area contributed by atoms with Crippen LogP contribution in [-0.2, 0) is 11.3 Å². The van der Waals surface area contributed by atoms with E-state index in [1.807, 2.05) is 0 Å². The van der Waals surface area contributed by atoms with E-state index in [2.05, 4.69) is 4.98 Å². The highest BCUT2D eigenvalue weighted by Gasteiger charge is 2.36. The van der Waals surface area contributed by atoms with Gasteiger partial charge in [0.15, 0.2) is 0 Å². The zero-order valence-electron chi connectivity index (χ0n) is 14.9. The Labute approximate surface area is 161 Å². The highest BCUT2D eigenvalue weighted by Crippen LogP contribution is 2.34. The van der Waals surface area contributed by atoms with Gasteiger partial charge in [-0.15, -0.1) is 0 Å². The summed E-state index contributed by atoms with van der Waals surface area (Å²) in [5, 5.41) is 0.961. The number of ether oxygens (including phenoxy) is 1. The number of amides is 2. The fourth-order valence-electron chi connectivity index (χ4n) is 2.76. The highest BCUT2D eigenvalue weighted by atomic mass is 35.5. The SMILES string of the molecule is Cc1nc(-c2ccc(Cl)cc2Cl)cc2c1CN(C(=O)OC(C)(C)C)C2=O.